The molecule has 126 valence electrons. The third-order valence-electron chi connectivity index (χ3n) is 4.19. The first-order chi connectivity index (χ1) is 11.1. The number of carbonyl (C=O) groups excluding carboxylic acids is 1. The Morgan fingerprint density at radius 3 is 2.52 bits per heavy atom. The Bertz CT molecular complexity index is 531. The van der Waals surface area contributed by atoms with E-state index < -0.39 is 5.79 Å². The molecule has 7 nitrogen and oxygen atoms in total. The van der Waals surface area contributed by atoms with Gasteiger partial charge in [0, 0.05) is 32.5 Å². The van der Waals surface area contributed by atoms with E-state index in [9.17, 15) is 4.79 Å². The summed E-state index contributed by atoms with van der Waals surface area (Å²) in [5, 5.41) is 3.19. The van der Waals surface area contributed by atoms with E-state index in [-0.39, 0.29) is 5.91 Å². The first kappa shape index (κ1) is 16.1. The van der Waals surface area contributed by atoms with E-state index >= 15 is 0 Å². The molecule has 0 bridgehead atoms. The minimum absolute atomic E-state index is 0.0826. The molecule has 1 aromatic rings. The van der Waals surface area contributed by atoms with Crippen LogP contribution in [0.25, 0.3) is 0 Å². The highest BCUT2D eigenvalue weighted by Crippen LogP contribution is 2.31. The van der Waals surface area contributed by atoms with E-state index in [2.05, 4.69) is 29.1 Å². The number of nitrogens with zero attached hydrogens (tertiary/aromatic N) is 3. The van der Waals surface area contributed by atoms with E-state index in [1.54, 1.807) is 11.1 Å². The maximum absolute atomic E-state index is 12.5. The predicted molar refractivity (Wildman–Crippen MR) is 85.1 cm³/mol. The zero-order chi connectivity index (χ0) is 16.3. The standard InChI is InChI=1S/C16H24N4O3/c1-12(2)9-18-14-11-17-13(10-19-14)15(21)20-5-3-16(4-6-20)22-7-8-23-16/h10-12H,3-9H2,1-2H3,(H,18,19). The largest absolute Gasteiger partial charge is 0.369 e. The summed E-state index contributed by atoms with van der Waals surface area (Å²) in [7, 11) is 0. The lowest BCUT2D eigenvalue weighted by Crippen LogP contribution is -2.47. The molecule has 2 aliphatic heterocycles. The third kappa shape index (κ3) is 3.79. The van der Waals surface area contributed by atoms with Crippen molar-refractivity contribution in [3.05, 3.63) is 18.1 Å². The maximum atomic E-state index is 12.5. The maximum Gasteiger partial charge on any atom is 0.274 e. The molecule has 3 heterocycles. The molecule has 0 aromatic carbocycles. The number of rotatable bonds is 4. The molecular weight excluding hydrogens is 296 g/mol. The van der Waals surface area contributed by atoms with Gasteiger partial charge in [-0.25, -0.2) is 9.97 Å². The molecule has 23 heavy (non-hydrogen) atoms. The van der Waals surface area contributed by atoms with Crippen LogP contribution in [-0.2, 0) is 9.47 Å². The number of aromatic nitrogens is 2. The molecule has 0 radical (unpaired) electrons. The molecule has 1 aromatic heterocycles. The number of amides is 1. The van der Waals surface area contributed by atoms with Gasteiger partial charge < -0.3 is 19.7 Å². The van der Waals surface area contributed by atoms with Crippen molar-refractivity contribution in [3.8, 4) is 0 Å². The molecule has 7 heteroatoms. The summed E-state index contributed by atoms with van der Waals surface area (Å²) in [6, 6.07) is 0. The van der Waals surface area contributed by atoms with Gasteiger partial charge in [0.15, 0.2) is 5.79 Å². The zero-order valence-electron chi connectivity index (χ0n) is 13.7. The van der Waals surface area contributed by atoms with Crippen LogP contribution in [0, 0.1) is 5.92 Å². The molecule has 0 saturated carbocycles. The Morgan fingerprint density at radius 2 is 1.96 bits per heavy atom. The Hall–Kier alpha value is -1.73. The molecule has 1 spiro atoms. The molecule has 2 fully saturated rings. The fraction of sp³-hybridized carbons (Fsp3) is 0.688. The molecular formula is C16H24N4O3. The number of piperidine rings is 1. The molecule has 1 amide bonds. The molecule has 0 unspecified atom stereocenters. The van der Waals surface area contributed by atoms with E-state index in [0.717, 1.165) is 6.54 Å². The Kier molecular flexibility index (Phi) is 4.77. The van der Waals surface area contributed by atoms with Gasteiger partial charge in [0.05, 0.1) is 25.6 Å². The van der Waals surface area contributed by atoms with Crippen LogP contribution < -0.4 is 5.32 Å². The smallest absolute Gasteiger partial charge is 0.274 e. The number of likely N-dealkylation sites (tertiary alicyclic amines) is 1. The van der Waals surface area contributed by atoms with Crippen molar-refractivity contribution >= 4 is 11.7 Å². The van der Waals surface area contributed by atoms with Gasteiger partial charge in [0.1, 0.15) is 11.5 Å². The number of hydrogen-bond donors (Lipinski definition) is 1. The first-order valence-electron chi connectivity index (χ1n) is 8.21. The zero-order valence-corrected chi connectivity index (χ0v) is 13.7. The van der Waals surface area contributed by atoms with E-state index in [4.69, 9.17) is 9.47 Å². The second-order valence-corrected chi connectivity index (χ2v) is 6.46. The third-order valence-corrected chi connectivity index (χ3v) is 4.19. The number of anilines is 1. The van der Waals surface area contributed by atoms with Gasteiger partial charge in [-0.1, -0.05) is 13.8 Å². The molecule has 0 aliphatic carbocycles. The van der Waals surface area contributed by atoms with Crippen molar-refractivity contribution in [2.45, 2.75) is 32.5 Å². The number of nitrogens with one attached hydrogen (secondary N) is 1. The monoisotopic (exact) mass is 320 g/mol. The van der Waals surface area contributed by atoms with Crippen LogP contribution in [0.15, 0.2) is 12.4 Å². The van der Waals surface area contributed by atoms with Crippen LogP contribution in [0.3, 0.4) is 0 Å². The molecule has 1 N–H and O–H groups in total. The van der Waals surface area contributed by atoms with Gasteiger partial charge in [-0.05, 0) is 5.92 Å². The number of hydrogen-bond acceptors (Lipinski definition) is 6. The highest BCUT2D eigenvalue weighted by molar-refractivity contribution is 5.92. The summed E-state index contributed by atoms with van der Waals surface area (Å²) in [6.07, 6.45) is 4.57. The lowest BCUT2D eigenvalue weighted by atomic mass is 10.0. The summed E-state index contributed by atoms with van der Waals surface area (Å²) >= 11 is 0. The number of carbonyl (C=O) groups is 1. The van der Waals surface area contributed by atoms with Gasteiger partial charge in [-0.15, -0.1) is 0 Å². The van der Waals surface area contributed by atoms with Crippen molar-refractivity contribution in [3.63, 3.8) is 0 Å². The van der Waals surface area contributed by atoms with Crippen molar-refractivity contribution < 1.29 is 14.3 Å². The normalized spacial score (nSPS) is 20.2. The second kappa shape index (κ2) is 6.80. The lowest BCUT2D eigenvalue weighted by molar-refractivity contribution is -0.181. The summed E-state index contributed by atoms with van der Waals surface area (Å²) in [6.45, 7) is 7.60. The Balaban J connectivity index is 1.56. The van der Waals surface area contributed by atoms with Crippen molar-refractivity contribution in [1.82, 2.24) is 14.9 Å². The fourth-order valence-corrected chi connectivity index (χ4v) is 2.84. The van der Waals surface area contributed by atoms with Gasteiger partial charge in [-0.2, -0.15) is 0 Å². The average molecular weight is 320 g/mol. The highest BCUT2D eigenvalue weighted by Gasteiger charge is 2.41. The molecule has 2 saturated heterocycles. The molecule has 2 aliphatic rings. The summed E-state index contributed by atoms with van der Waals surface area (Å²) in [5.74, 6) is 0.674. The lowest BCUT2D eigenvalue weighted by Gasteiger charge is -2.37. The number of ether oxygens (including phenoxy) is 2. The van der Waals surface area contributed by atoms with E-state index in [0.29, 0.717) is 56.6 Å². The molecule has 3 rings (SSSR count). The minimum Gasteiger partial charge on any atom is -0.369 e. The second-order valence-electron chi connectivity index (χ2n) is 6.46. The summed E-state index contributed by atoms with van der Waals surface area (Å²) < 4.78 is 11.4. The van der Waals surface area contributed by atoms with Gasteiger partial charge in [-0.3, -0.25) is 4.79 Å². The van der Waals surface area contributed by atoms with Gasteiger partial charge >= 0.3 is 0 Å². The van der Waals surface area contributed by atoms with Crippen LogP contribution in [-0.4, -0.2) is 59.4 Å². The summed E-state index contributed by atoms with van der Waals surface area (Å²) in [5.41, 5.74) is 0.379. The fourth-order valence-electron chi connectivity index (χ4n) is 2.84. The van der Waals surface area contributed by atoms with Crippen LogP contribution >= 0.6 is 0 Å². The predicted octanol–water partition coefficient (Wildman–Crippen LogP) is 1.52. The Labute approximate surface area is 136 Å². The Morgan fingerprint density at radius 1 is 1.26 bits per heavy atom. The van der Waals surface area contributed by atoms with E-state index in [1.807, 2.05) is 0 Å². The van der Waals surface area contributed by atoms with Crippen molar-refractivity contribution in [1.29, 1.82) is 0 Å². The van der Waals surface area contributed by atoms with Crippen LogP contribution in [0.1, 0.15) is 37.2 Å². The minimum atomic E-state index is -0.465. The quantitative estimate of drug-likeness (QED) is 0.906. The highest BCUT2D eigenvalue weighted by atomic mass is 16.7. The average Bonchev–Trinajstić information content (AvgIpc) is 3.02. The van der Waals surface area contributed by atoms with Crippen molar-refractivity contribution in [2.24, 2.45) is 5.92 Å². The first-order valence-corrected chi connectivity index (χ1v) is 8.21. The topological polar surface area (TPSA) is 76.6 Å². The van der Waals surface area contributed by atoms with Crippen LogP contribution in [0.2, 0.25) is 0 Å². The molecule has 0 atom stereocenters. The SMILES string of the molecule is CC(C)CNc1cnc(C(=O)N2CCC3(CC2)OCCO3)cn1. The van der Waals surface area contributed by atoms with Gasteiger partial charge in [0.2, 0.25) is 0 Å². The van der Waals surface area contributed by atoms with Crippen LogP contribution in [0.4, 0.5) is 5.82 Å². The summed E-state index contributed by atoms with van der Waals surface area (Å²) in [4.78, 5) is 22.8. The van der Waals surface area contributed by atoms with Crippen LogP contribution in [0.5, 0.6) is 0 Å². The van der Waals surface area contributed by atoms with Gasteiger partial charge in [0.25, 0.3) is 5.91 Å². The van der Waals surface area contributed by atoms with E-state index in [1.165, 1.54) is 6.20 Å². The van der Waals surface area contributed by atoms with Crippen molar-refractivity contribution in [2.75, 3.05) is 38.2 Å².